The van der Waals surface area contributed by atoms with Gasteiger partial charge in [-0.05, 0) is 19.2 Å². The van der Waals surface area contributed by atoms with Crippen molar-refractivity contribution in [3.8, 4) is 5.88 Å². The molecule has 0 aliphatic rings. The number of likely N-dealkylation sites (N-methyl/N-ethyl adjacent to an activating group) is 1. The van der Waals surface area contributed by atoms with Gasteiger partial charge < -0.3 is 15.0 Å². The monoisotopic (exact) mass is 265 g/mol. The fraction of sp³-hybridized carbons (Fsp3) is 0.667. The first-order chi connectivity index (χ1) is 9.15. The van der Waals surface area contributed by atoms with Gasteiger partial charge in [-0.2, -0.15) is 0 Å². The van der Waals surface area contributed by atoms with Crippen molar-refractivity contribution in [2.45, 2.75) is 40.3 Å². The Balaban J connectivity index is 2.39. The van der Waals surface area contributed by atoms with Crippen LogP contribution >= 0.6 is 0 Å². The Labute approximate surface area is 117 Å². The SMILES string of the molecule is CCN(CC)CCOc1cccc(CNC(C)C)n1. The molecule has 1 aromatic rings. The molecule has 4 heteroatoms. The van der Waals surface area contributed by atoms with E-state index in [0.29, 0.717) is 12.6 Å². The van der Waals surface area contributed by atoms with Gasteiger partial charge in [0.25, 0.3) is 0 Å². The molecule has 0 unspecified atom stereocenters. The van der Waals surface area contributed by atoms with E-state index >= 15 is 0 Å². The third kappa shape index (κ3) is 6.55. The lowest BCUT2D eigenvalue weighted by Gasteiger charge is -2.17. The van der Waals surface area contributed by atoms with Crippen LogP contribution in [0.25, 0.3) is 0 Å². The van der Waals surface area contributed by atoms with Crippen LogP contribution in [0.3, 0.4) is 0 Å². The van der Waals surface area contributed by atoms with Crippen LogP contribution in [0.2, 0.25) is 0 Å². The minimum atomic E-state index is 0.467. The predicted octanol–water partition coefficient (Wildman–Crippen LogP) is 2.30. The molecule has 0 aromatic carbocycles. The summed E-state index contributed by atoms with van der Waals surface area (Å²) >= 11 is 0. The van der Waals surface area contributed by atoms with Crippen molar-refractivity contribution in [3.05, 3.63) is 23.9 Å². The van der Waals surface area contributed by atoms with E-state index in [1.54, 1.807) is 0 Å². The number of nitrogens with one attached hydrogen (secondary N) is 1. The summed E-state index contributed by atoms with van der Waals surface area (Å²) in [6.07, 6.45) is 0. The second kappa shape index (κ2) is 8.88. The molecule has 1 aromatic heterocycles. The lowest BCUT2D eigenvalue weighted by Crippen LogP contribution is -2.28. The quantitative estimate of drug-likeness (QED) is 0.743. The van der Waals surface area contributed by atoms with Crippen LogP contribution in [-0.2, 0) is 6.54 Å². The second-order valence-electron chi connectivity index (χ2n) is 4.88. The van der Waals surface area contributed by atoms with Crippen LogP contribution < -0.4 is 10.1 Å². The van der Waals surface area contributed by atoms with E-state index < -0.39 is 0 Å². The Hall–Kier alpha value is -1.13. The third-order valence-electron chi connectivity index (χ3n) is 3.02. The minimum absolute atomic E-state index is 0.467. The molecule has 0 saturated heterocycles. The molecular weight excluding hydrogens is 238 g/mol. The summed E-state index contributed by atoms with van der Waals surface area (Å²) in [6, 6.07) is 6.40. The van der Waals surface area contributed by atoms with Crippen molar-refractivity contribution in [2.75, 3.05) is 26.2 Å². The van der Waals surface area contributed by atoms with E-state index in [9.17, 15) is 0 Å². The molecule has 0 radical (unpaired) electrons. The van der Waals surface area contributed by atoms with Crippen LogP contribution in [0, 0.1) is 0 Å². The standard InChI is InChI=1S/C15H27N3O/c1-5-18(6-2)10-11-19-15-9-7-8-14(17-15)12-16-13(3)4/h7-9,13,16H,5-6,10-12H2,1-4H3. The molecule has 0 saturated carbocycles. The molecule has 19 heavy (non-hydrogen) atoms. The number of rotatable bonds is 9. The van der Waals surface area contributed by atoms with Gasteiger partial charge in [-0.3, -0.25) is 0 Å². The molecule has 1 N–H and O–H groups in total. The Kier molecular flexibility index (Phi) is 7.45. The molecule has 1 rings (SSSR count). The first kappa shape index (κ1) is 15.9. The molecule has 0 amide bonds. The van der Waals surface area contributed by atoms with Crippen molar-refractivity contribution in [1.29, 1.82) is 0 Å². The van der Waals surface area contributed by atoms with Crippen LogP contribution in [-0.4, -0.2) is 42.2 Å². The van der Waals surface area contributed by atoms with Crippen LogP contribution in [0.1, 0.15) is 33.4 Å². The summed E-state index contributed by atoms with van der Waals surface area (Å²) in [7, 11) is 0. The Morgan fingerprint density at radius 2 is 2.00 bits per heavy atom. The molecular formula is C15H27N3O. The van der Waals surface area contributed by atoms with Crippen molar-refractivity contribution in [3.63, 3.8) is 0 Å². The molecule has 108 valence electrons. The summed E-state index contributed by atoms with van der Waals surface area (Å²) in [4.78, 5) is 6.83. The normalized spacial score (nSPS) is 11.3. The Morgan fingerprint density at radius 1 is 1.26 bits per heavy atom. The van der Waals surface area contributed by atoms with E-state index in [-0.39, 0.29) is 0 Å². The lowest BCUT2D eigenvalue weighted by atomic mass is 10.3. The highest BCUT2D eigenvalue weighted by Gasteiger charge is 2.02. The topological polar surface area (TPSA) is 37.4 Å². The van der Waals surface area contributed by atoms with E-state index in [4.69, 9.17) is 4.74 Å². The maximum absolute atomic E-state index is 5.71. The van der Waals surface area contributed by atoms with Crippen LogP contribution in [0.4, 0.5) is 0 Å². The molecule has 0 bridgehead atoms. The number of nitrogens with zero attached hydrogens (tertiary/aromatic N) is 2. The fourth-order valence-corrected chi connectivity index (χ4v) is 1.76. The number of hydrogen-bond donors (Lipinski definition) is 1. The Bertz CT molecular complexity index is 351. The van der Waals surface area contributed by atoms with Crippen LogP contribution in [0.15, 0.2) is 18.2 Å². The van der Waals surface area contributed by atoms with Gasteiger partial charge in [0, 0.05) is 25.2 Å². The van der Waals surface area contributed by atoms with Gasteiger partial charge in [-0.25, -0.2) is 4.98 Å². The zero-order valence-corrected chi connectivity index (χ0v) is 12.6. The summed E-state index contributed by atoms with van der Waals surface area (Å²) in [5.74, 6) is 0.718. The van der Waals surface area contributed by atoms with Crippen molar-refractivity contribution >= 4 is 0 Å². The summed E-state index contributed by atoms with van der Waals surface area (Å²) in [6.45, 7) is 13.1. The molecule has 0 atom stereocenters. The average molecular weight is 265 g/mol. The Morgan fingerprint density at radius 3 is 2.63 bits per heavy atom. The molecule has 0 aliphatic heterocycles. The highest BCUT2D eigenvalue weighted by molar-refractivity contribution is 5.15. The molecule has 0 fully saturated rings. The predicted molar refractivity (Wildman–Crippen MR) is 79.5 cm³/mol. The van der Waals surface area contributed by atoms with E-state index in [1.165, 1.54) is 0 Å². The number of aromatic nitrogens is 1. The van der Waals surface area contributed by atoms with Crippen LogP contribution in [0.5, 0.6) is 5.88 Å². The first-order valence-electron chi connectivity index (χ1n) is 7.20. The lowest BCUT2D eigenvalue weighted by molar-refractivity contribution is 0.217. The highest BCUT2D eigenvalue weighted by Crippen LogP contribution is 2.07. The number of pyridine rings is 1. The van der Waals surface area contributed by atoms with Gasteiger partial charge in [0.15, 0.2) is 0 Å². The van der Waals surface area contributed by atoms with Crippen molar-refractivity contribution in [2.24, 2.45) is 0 Å². The smallest absolute Gasteiger partial charge is 0.213 e. The van der Waals surface area contributed by atoms with E-state index in [0.717, 1.165) is 37.8 Å². The molecule has 0 spiro atoms. The van der Waals surface area contributed by atoms with Crippen molar-refractivity contribution in [1.82, 2.24) is 15.2 Å². The summed E-state index contributed by atoms with van der Waals surface area (Å²) < 4.78 is 5.71. The second-order valence-corrected chi connectivity index (χ2v) is 4.88. The first-order valence-corrected chi connectivity index (χ1v) is 7.20. The summed E-state index contributed by atoms with van der Waals surface area (Å²) in [5.41, 5.74) is 1.02. The fourth-order valence-electron chi connectivity index (χ4n) is 1.76. The van der Waals surface area contributed by atoms with Gasteiger partial charge in [0.1, 0.15) is 6.61 Å². The third-order valence-corrected chi connectivity index (χ3v) is 3.02. The van der Waals surface area contributed by atoms with Gasteiger partial charge >= 0.3 is 0 Å². The minimum Gasteiger partial charge on any atom is -0.476 e. The molecule has 4 nitrogen and oxygen atoms in total. The zero-order chi connectivity index (χ0) is 14.1. The molecule has 1 heterocycles. The highest BCUT2D eigenvalue weighted by atomic mass is 16.5. The molecule has 0 aliphatic carbocycles. The maximum Gasteiger partial charge on any atom is 0.213 e. The van der Waals surface area contributed by atoms with Gasteiger partial charge in [-0.15, -0.1) is 0 Å². The number of hydrogen-bond acceptors (Lipinski definition) is 4. The van der Waals surface area contributed by atoms with E-state index in [2.05, 4.69) is 42.9 Å². The van der Waals surface area contributed by atoms with E-state index in [1.807, 2.05) is 18.2 Å². The largest absolute Gasteiger partial charge is 0.476 e. The maximum atomic E-state index is 5.71. The zero-order valence-electron chi connectivity index (χ0n) is 12.6. The number of ether oxygens (including phenoxy) is 1. The average Bonchev–Trinajstić information content (AvgIpc) is 2.42. The summed E-state index contributed by atoms with van der Waals surface area (Å²) in [5, 5.41) is 3.36. The van der Waals surface area contributed by atoms with Gasteiger partial charge in [0.05, 0.1) is 5.69 Å². The van der Waals surface area contributed by atoms with Gasteiger partial charge in [0.2, 0.25) is 5.88 Å². The van der Waals surface area contributed by atoms with Crippen molar-refractivity contribution < 1.29 is 4.74 Å². The van der Waals surface area contributed by atoms with Gasteiger partial charge in [-0.1, -0.05) is 33.8 Å².